The minimum atomic E-state index is -0.603. The van der Waals surface area contributed by atoms with Gasteiger partial charge in [-0.25, -0.2) is 4.79 Å². The molecule has 0 saturated heterocycles. The van der Waals surface area contributed by atoms with Gasteiger partial charge >= 0.3 is 5.97 Å². The van der Waals surface area contributed by atoms with Crippen molar-refractivity contribution in [2.45, 2.75) is 6.92 Å². The Hall–Kier alpha value is -2.95. The van der Waals surface area contributed by atoms with Crippen LogP contribution < -0.4 is 0 Å². The maximum atomic E-state index is 11.9. The van der Waals surface area contributed by atoms with Crippen LogP contribution in [-0.4, -0.2) is 27.9 Å². The molecule has 2 aromatic rings. The number of carbonyl (C=O) groups is 1. The van der Waals surface area contributed by atoms with Gasteiger partial charge in [0.25, 0.3) is 0 Å². The highest BCUT2D eigenvalue weighted by Gasteiger charge is 2.15. The first kappa shape index (κ1) is 15.4. The Kier molecular flexibility index (Phi) is 4.68. The summed E-state index contributed by atoms with van der Waals surface area (Å²) in [7, 11) is 0. The lowest BCUT2D eigenvalue weighted by Crippen LogP contribution is -2.06. The summed E-state index contributed by atoms with van der Waals surface area (Å²) in [5.41, 5.74) is 1.21. The number of hydrogen-bond donors (Lipinski definition) is 3. The molecule has 0 fully saturated rings. The Morgan fingerprint density at radius 1 is 1.05 bits per heavy atom. The fourth-order valence-electron chi connectivity index (χ4n) is 1.95. The molecule has 0 aliphatic rings. The first-order chi connectivity index (χ1) is 10.5. The monoisotopic (exact) mass is 300 g/mol. The van der Waals surface area contributed by atoms with E-state index < -0.39 is 5.97 Å². The van der Waals surface area contributed by atoms with Crippen LogP contribution in [0.1, 0.15) is 28.4 Å². The fourth-order valence-corrected chi connectivity index (χ4v) is 1.95. The summed E-state index contributed by atoms with van der Waals surface area (Å²) in [5, 5.41) is 28.6. The minimum Gasteiger partial charge on any atom is -0.507 e. The van der Waals surface area contributed by atoms with Crippen LogP contribution in [0.4, 0.5) is 0 Å². The molecule has 114 valence electrons. The van der Waals surface area contributed by atoms with Crippen LogP contribution >= 0.6 is 0 Å². The molecule has 5 nitrogen and oxygen atoms in total. The summed E-state index contributed by atoms with van der Waals surface area (Å²) in [6.07, 6.45) is 3.27. The Bertz CT molecular complexity index is 719. The fraction of sp³-hybridized carbons (Fsp3) is 0.118. The van der Waals surface area contributed by atoms with Crippen LogP contribution in [0.3, 0.4) is 0 Å². The molecule has 2 rings (SSSR count). The lowest BCUT2D eigenvalue weighted by atomic mass is 10.0. The predicted octanol–water partition coefficient (Wildman–Crippen LogP) is 3.15. The van der Waals surface area contributed by atoms with Crippen LogP contribution in [0.15, 0.2) is 36.4 Å². The van der Waals surface area contributed by atoms with Crippen LogP contribution in [0.25, 0.3) is 12.2 Å². The molecule has 0 aliphatic carbocycles. The molecular formula is C17H16O5. The van der Waals surface area contributed by atoms with Gasteiger partial charge in [-0.3, -0.25) is 0 Å². The average molecular weight is 300 g/mol. The predicted molar refractivity (Wildman–Crippen MR) is 82.8 cm³/mol. The van der Waals surface area contributed by atoms with E-state index in [1.165, 1.54) is 18.2 Å². The van der Waals surface area contributed by atoms with E-state index in [1.54, 1.807) is 37.3 Å². The van der Waals surface area contributed by atoms with Crippen LogP contribution in [0.2, 0.25) is 0 Å². The highest BCUT2D eigenvalue weighted by atomic mass is 16.5. The molecule has 0 saturated carbocycles. The van der Waals surface area contributed by atoms with Gasteiger partial charge in [0.1, 0.15) is 11.3 Å². The molecule has 3 N–H and O–H groups in total. The number of benzene rings is 2. The molecule has 22 heavy (non-hydrogen) atoms. The summed E-state index contributed by atoms with van der Waals surface area (Å²) in [4.78, 5) is 11.9. The SMILES string of the molecule is CCOC(=O)c1c(O)cccc1C=Cc1ccc(O)c(O)c1. The molecule has 0 atom stereocenters. The number of hydrogen-bond acceptors (Lipinski definition) is 5. The van der Waals surface area contributed by atoms with Crippen molar-refractivity contribution in [2.24, 2.45) is 0 Å². The van der Waals surface area contributed by atoms with Gasteiger partial charge in [-0.1, -0.05) is 30.4 Å². The molecule has 0 amide bonds. The van der Waals surface area contributed by atoms with Crippen molar-refractivity contribution < 1.29 is 24.9 Å². The summed E-state index contributed by atoms with van der Waals surface area (Å²) >= 11 is 0. The van der Waals surface area contributed by atoms with Gasteiger partial charge < -0.3 is 20.1 Å². The molecule has 0 aromatic heterocycles. The van der Waals surface area contributed by atoms with E-state index in [9.17, 15) is 20.1 Å². The molecule has 0 radical (unpaired) electrons. The van der Waals surface area contributed by atoms with Crippen LogP contribution in [-0.2, 0) is 4.74 Å². The van der Waals surface area contributed by atoms with Gasteiger partial charge in [0.05, 0.1) is 6.61 Å². The second-order valence-corrected chi connectivity index (χ2v) is 4.54. The molecule has 5 heteroatoms. The molecule has 2 aromatic carbocycles. The summed E-state index contributed by atoms with van der Waals surface area (Å²) in [6, 6.07) is 9.06. The average Bonchev–Trinajstić information content (AvgIpc) is 2.48. The summed E-state index contributed by atoms with van der Waals surface area (Å²) in [6.45, 7) is 1.90. The quantitative estimate of drug-likeness (QED) is 0.459. The van der Waals surface area contributed by atoms with Crippen molar-refractivity contribution in [1.82, 2.24) is 0 Å². The van der Waals surface area contributed by atoms with Crippen molar-refractivity contribution in [3.8, 4) is 17.2 Å². The Labute approximate surface area is 127 Å². The largest absolute Gasteiger partial charge is 0.507 e. The number of carbonyl (C=O) groups excluding carboxylic acids is 1. The zero-order chi connectivity index (χ0) is 16.1. The first-order valence-corrected chi connectivity index (χ1v) is 6.72. The topological polar surface area (TPSA) is 87.0 Å². The minimum absolute atomic E-state index is 0.0867. The van der Waals surface area contributed by atoms with E-state index in [0.29, 0.717) is 11.1 Å². The Morgan fingerprint density at radius 2 is 1.82 bits per heavy atom. The third kappa shape index (κ3) is 3.38. The van der Waals surface area contributed by atoms with Crippen molar-refractivity contribution in [1.29, 1.82) is 0 Å². The second kappa shape index (κ2) is 6.67. The van der Waals surface area contributed by atoms with E-state index in [0.717, 1.165) is 0 Å². The van der Waals surface area contributed by atoms with Gasteiger partial charge in [0.15, 0.2) is 11.5 Å². The first-order valence-electron chi connectivity index (χ1n) is 6.72. The van der Waals surface area contributed by atoms with Gasteiger partial charge in [-0.05, 0) is 36.2 Å². The van der Waals surface area contributed by atoms with Crippen molar-refractivity contribution in [3.05, 3.63) is 53.1 Å². The van der Waals surface area contributed by atoms with Gasteiger partial charge in [-0.15, -0.1) is 0 Å². The summed E-state index contributed by atoms with van der Waals surface area (Å²) in [5.74, 6) is -1.20. The zero-order valence-electron chi connectivity index (χ0n) is 12.0. The Morgan fingerprint density at radius 3 is 2.50 bits per heavy atom. The number of aromatic hydroxyl groups is 3. The van der Waals surface area contributed by atoms with Gasteiger partial charge in [0.2, 0.25) is 0 Å². The lowest BCUT2D eigenvalue weighted by Gasteiger charge is -2.07. The molecule has 0 unspecified atom stereocenters. The van der Waals surface area contributed by atoms with Gasteiger partial charge in [0, 0.05) is 0 Å². The van der Waals surface area contributed by atoms with E-state index in [4.69, 9.17) is 4.74 Å². The maximum Gasteiger partial charge on any atom is 0.342 e. The smallest absolute Gasteiger partial charge is 0.342 e. The lowest BCUT2D eigenvalue weighted by molar-refractivity contribution is 0.0523. The molecule has 0 bridgehead atoms. The molecule has 0 heterocycles. The van der Waals surface area contributed by atoms with Crippen molar-refractivity contribution in [3.63, 3.8) is 0 Å². The van der Waals surface area contributed by atoms with E-state index in [1.807, 2.05) is 0 Å². The van der Waals surface area contributed by atoms with Crippen LogP contribution in [0.5, 0.6) is 17.2 Å². The van der Waals surface area contributed by atoms with E-state index >= 15 is 0 Å². The highest BCUT2D eigenvalue weighted by Crippen LogP contribution is 2.27. The van der Waals surface area contributed by atoms with Crippen LogP contribution in [0, 0.1) is 0 Å². The number of phenolic OH excluding ortho intramolecular Hbond substituents is 3. The van der Waals surface area contributed by atoms with Gasteiger partial charge in [-0.2, -0.15) is 0 Å². The third-order valence-corrected chi connectivity index (χ3v) is 3.01. The zero-order valence-corrected chi connectivity index (χ0v) is 12.0. The van der Waals surface area contributed by atoms with Crippen molar-refractivity contribution in [2.75, 3.05) is 6.61 Å². The number of rotatable bonds is 4. The maximum absolute atomic E-state index is 11.9. The van der Waals surface area contributed by atoms with E-state index in [2.05, 4.69) is 0 Å². The van der Waals surface area contributed by atoms with Crippen molar-refractivity contribution >= 4 is 18.1 Å². The highest BCUT2D eigenvalue weighted by molar-refractivity contribution is 5.97. The number of ether oxygens (including phenoxy) is 1. The number of esters is 1. The molecule has 0 spiro atoms. The third-order valence-electron chi connectivity index (χ3n) is 3.01. The molecule has 0 aliphatic heterocycles. The Balaban J connectivity index is 2.36. The number of phenols is 3. The van der Waals surface area contributed by atoms with E-state index in [-0.39, 0.29) is 29.4 Å². The standard InChI is InChI=1S/C17H16O5/c1-2-22-17(21)16-12(4-3-5-14(16)19)8-6-11-7-9-13(18)15(20)10-11/h3-10,18-20H,2H2,1H3. The summed E-state index contributed by atoms with van der Waals surface area (Å²) < 4.78 is 4.93. The molecular weight excluding hydrogens is 284 g/mol. The second-order valence-electron chi connectivity index (χ2n) is 4.54. The normalized spacial score (nSPS) is 10.8.